The van der Waals surface area contributed by atoms with Crippen molar-refractivity contribution >= 4 is 0 Å². The lowest BCUT2D eigenvalue weighted by Crippen LogP contribution is -2.59. The van der Waals surface area contributed by atoms with Gasteiger partial charge in [0.15, 0.2) is 0 Å². The van der Waals surface area contributed by atoms with Gasteiger partial charge in [0, 0.05) is 17.9 Å². The predicted molar refractivity (Wildman–Crippen MR) is 173 cm³/mol. The fourth-order valence-corrected chi connectivity index (χ4v) is 11.1. The van der Waals surface area contributed by atoms with Crippen LogP contribution in [0.4, 0.5) is 0 Å². The van der Waals surface area contributed by atoms with Crippen LogP contribution in [0, 0.1) is 52.3 Å². The first-order valence-electron chi connectivity index (χ1n) is 18.0. The summed E-state index contributed by atoms with van der Waals surface area (Å²) in [6.45, 7) is 13.8. The van der Waals surface area contributed by atoms with Crippen LogP contribution in [-0.4, -0.2) is 28.8 Å². The van der Waals surface area contributed by atoms with Crippen molar-refractivity contribution in [2.75, 3.05) is 6.54 Å². The highest BCUT2D eigenvalue weighted by Gasteiger charge is 2.62. The summed E-state index contributed by atoms with van der Waals surface area (Å²) in [5.41, 5.74) is 2.13. The number of nitrogens with one attached hydrogen (secondary N) is 1. The second-order valence-electron chi connectivity index (χ2n) is 16.2. The molecule has 0 saturated heterocycles. The van der Waals surface area contributed by atoms with Crippen molar-refractivity contribution in [3.05, 3.63) is 30.1 Å². The second-order valence-corrected chi connectivity index (χ2v) is 16.2. The minimum atomic E-state index is -0.0736. The molecule has 1 aromatic heterocycles. The number of unbranched alkanes of at least 4 members (excludes halogenated alkanes) is 3. The lowest BCUT2D eigenvalue weighted by atomic mass is 9.43. The molecule has 0 radical (unpaired) electrons. The van der Waals surface area contributed by atoms with E-state index in [1.807, 2.05) is 12.3 Å². The first-order chi connectivity index (χ1) is 19.7. The zero-order valence-electron chi connectivity index (χ0n) is 27.4. The molecule has 10 atom stereocenters. The Morgan fingerprint density at radius 2 is 1.66 bits per heavy atom. The summed E-state index contributed by atoms with van der Waals surface area (Å²) in [5.74, 6) is 5.27. The van der Waals surface area contributed by atoms with Gasteiger partial charge in [-0.1, -0.05) is 72.8 Å². The molecule has 0 spiro atoms. The van der Waals surface area contributed by atoms with Crippen molar-refractivity contribution in [2.45, 2.75) is 149 Å². The van der Waals surface area contributed by atoms with Crippen LogP contribution in [-0.2, 0) is 6.42 Å². The molecule has 0 bridgehead atoms. The number of fused-ring (bicyclic) bond motifs is 5. The molecule has 41 heavy (non-hydrogen) atoms. The van der Waals surface area contributed by atoms with Crippen molar-refractivity contribution in [2.24, 2.45) is 52.3 Å². The number of hydrogen-bond acceptors (Lipinski definition) is 3. The average Bonchev–Trinajstić information content (AvgIpc) is 3.30. The van der Waals surface area contributed by atoms with E-state index in [4.69, 9.17) is 0 Å². The Hall–Kier alpha value is -0.930. The minimum absolute atomic E-state index is 0.0736. The third-order valence-corrected chi connectivity index (χ3v) is 13.4. The van der Waals surface area contributed by atoms with Crippen LogP contribution in [0.1, 0.15) is 137 Å². The van der Waals surface area contributed by atoms with Gasteiger partial charge in [0.2, 0.25) is 0 Å². The maximum atomic E-state index is 11.8. The van der Waals surface area contributed by atoms with Gasteiger partial charge in [-0.05, 0) is 142 Å². The molecule has 0 aliphatic heterocycles. The first kappa shape index (κ1) is 31.5. The van der Waals surface area contributed by atoms with Crippen molar-refractivity contribution in [1.29, 1.82) is 0 Å². The molecule has 4 fully saturated rings. The maximum Gasteiger partial charge on any atom is 0.0577 e. The number of nitrogens with zero attached hydrogens (tertiary/aromatic N) is 1. The number of pyridine rings is 1. The van der Waals surface area contributed by atoms with Crippen molar-refractivity contribution in [3.8, 4) is 0 Å². The van der Waals surface area contributed by atoms with Crippen molar-refractivity contribution in [3.63, 3.8) is 0 Å². The molecule has 3 nitrogen and oxygen atoms in total. The highest BCUT2D eigenvalue weighted by molar-refractivity contribution is 5.12. The minimum Gasteiger partial charge on any atom is -0.393 e. The number of aryl methyl sites for hydroxylation is 1. The quantitative estimate of drug-likeness (QED) is 0.235. The topological polar surface area (TPSA) is 45.1 Å². The van der Waals surface area contributed by atoms with E-state index in [0.717, 1.165) is 49.0 Å². The molecule has 3 heteroatoms. The van der Waals surface area contributed by atoms with Crippen LogP contribution in [0.25, 0.3) is 0 Å². The monoisotopic (exact) mass is 565 g/mol. The smallest absolute Gasteiger partial charge is 0.0577 e. The van der Waals surface area contributed by atoms with Crippen molar-refractivity contribution in [1.82, 2.24) is 10.3 Å². The molecular weight excluding hydrogens is 500 g/mol. The Morgan fingerprint density at radius 3 is 2.44 bits per heavy atom. The molecule has 0 amide bonds. The van der Waals surface area contributed by atoms with Crippen LogP contribution < -0.4 is 5.32 Å². The molecule has 1 aromatic rings. The molecule has 4 aliphatic rings. The molecule has 4 saturated carbocycles. The predicted octanol–water partition coefficient (Wildman–Crippen LogP) is 9.23. The summed E-state index contributed by atoms with van der Waals surface area (Å²) >= 11 is 0. The van der Waals surface area contributed by atoms with E-state index in [0.29, 0.717) is 28.7 Å². The van der Waals surface area contributed by atoms with Gasteiger partial charge in [-0.25, -0.2) is 0 Å². The van der Waals surface area contributed by atoms with Gasteiger partial charge in [0.25, 0.3) is 0 Å². The Kier molecular flexibility index (Phi) is 10.6. The summed E-state index contributed by atoms with van der Waals surface area (Å²) in [6.07, 6.45) is 22.9. The zero-order valence-corrected chi connectivity index (χ0v) is 27.4. The van der Waals surface area contributed by atoms with E-state index >= 15 is 0 Å². The number of aliphatic hydroxyl groups excluding tert-OH is 1. The van der Waals surface area contributed by atoms with E-state index in [1.54, 1.807) is 0 Å². The van der Waals surface area contributed by atoms with Crippen LogP contribution in [0.2, 0.25) is 0 Å². The Bertz CT molecular complexity index is 933. The van der Waals surface area contributed by atoms with E-state index < -0.39 is 0 Å². The maximum absolute atomic E-state index is 11.8. The summed E-state index contributed by atoms with van der Waals surface area (Å²) in [7, 11) is 0. The normalized spacial score (nSPS) is 39.2. The fourth-order valence-electron chi connectivity index (χ4n) is 11.1. The van der Waals surface area contributed by atoms with Gasteiger partial charge < -0.3 is 10.4 Å². The summed E-state index contributed by atoms with van der Waals surface area (Å²) < 4.78 is 0. The molecule has 4 aliphatic carbocycles. The summed E-state index contributed by atoms with van der Waals surface area (Å²) in [4.78, 5) is 4.46. The molecule has 5 rings (SSSR count). The molecular formula is C38H64N2O. The van der Waals surface area contributed by atoms with E-state index in [2.05, 4.69) is 57.1 Å². The highest BCUT2D eigenvalue weighted by Crippen LogP contribution is 2.68. The van der Waals surface area contributed by atoms with Gasteiger partial charge >= 0.3 is 0 Å². The van der Waals surface area contributed by atoms with E-state index in [-0.39, 0.29) is 6.10 Å². The summed E-state index contributed by atoms with van der Waals surface area (Å²) in [5, 5.41) is 15.7. The Balaban J connectivity index is 1.09. The molecule has 0 aromatic carbocycles. The van der Waals surface area contributed by atoms with Crippen LogP contribution in [0.3, 0.4) is 0 Å². The number of rotatable bonds is 13. The third kappa shape index (κ3) is 6.92. The standard InChI is InChI=1S/C38H64N2O/c1-27(2)13-12-14-28(3)32-17-18-33-36-34(20-22-38(32,33)5)37(4)21-19-31(25-29(37)26-35(36)41)40-23-10-7-6-8-15-30-16-9-11-24-39-30/h9,11,16,24,27-29,31-36,40-41H,6-8,10,12-15,17-23,25-26H2,1-5H3/t28-,29?,31-,32+,33-,34-,35+,36-,37-,38+/m0/s1. The molecule has 2 N–H and O–H groups in total. The van der Waals surface area contributed by atoms with E-state index in [9.17, 15) is 5.11 Å². The Morgan fingerprint density at radius 1 is 0.878 bits per heavy atom. The fraction of sp³-hybridized carbons (Fsp3) is 0.868. The average molecular weight is 565 g/mol. The highest BCUT2D eigenvalue weighted by atomic mass is 16.3. The van der Waals surface area contributed by atoms with Gasteiger partial charge in [0.1, 0.15) is 0 Å². The SMILES string of the molecule is CC(C)CCC[C@H](C)[C@H]1CC[C@H]2[C@@H]3[C@H](O)CC4C[C@@H](NCCCCCCc5ccccn5)CC[C@]4(C)[C@H]3CC[C@]12C. The lowest BCUT2D eigenvalue weighted by Gasteiger charge is -2.62. The number of aliphatic hydroxyl groups is 1. The number of hydrogen-bond donors (Lipinski definition) is 2. The lowest BCUT2D eigenvalue weighted by molar-refractivity contribution is -0.167. The molecule has 1 unspecified atom stereocenters. The molecule has 232 valence electrons. The second kappa shape index (κ2) is 13.8. The van der Waals surface area contributed by atoms with Gasteiger partial charge in [-0.3, -0.25) is 4.98 Å². The van der Waals surface area contributed by atoms with Crippen LogP contribution >= 0.6 is 0 Å². The van der Waals surface area contributed by atoms with Gasteiger partial charge in [-0.2, -0.15) is 0 Å². The zero-order chi connectivity index (χ0) is 29.0. The first-order valence-corrected chi connectivity index (χ1v) is 18.0. The third-order valence-electron chi connectivity index (χ3n) is 13.4. The van der Waals surface area contributed by atoms with Crippen LogP contribution in [0.15, 0.2) is 24.4 Å². The molecule has 1 heterocycles. The van der Waals surface area contributed by atoms with Gasteiger partial charge in [0.05, 0.1) is 6.10 Å². The van der Waals surface area contributed by atoms with Gasteiger partial charge in [-0.15, -0.1) is 0 Å². The van der Waals surface area contributed by atoms with Crippen LogP contribution in [0.5, 0.6) is 0 Å². The summed E-state index contributed by atoms with van der Waals surface area (Å²) in [6, 6.07) is 6.90. The largest absolute Gasteiger partial charge is 0.393 e. The Labute approximate surface area is 253 Å². The number of aromatic nitrogens is 1. The van der Waals surface area contributed by atoms with E-state index in [1.165, 1.54) is 95.6 Å². The van der Waals surface area contributed by atoms with Crippen molar-refractivity contribution < 1.29 is 5.11 Å².